The van der Waals surface area contributed by atoms with Crippen LogP contribution in [0.1, 0.15) is 48.1 Å². The molecule has 1 saturated carbocycles. The number of piperidine rings is 1. The van der Waals surface area contributed by atoms with Crippen LogP contribution in [0.4, 0.5) is 0 Å². The van der Waals surface area contributed by atoms with E-state index < -0.39 is 0 Å². The molecule has 0 bridgehead atoms. The van der Waals surface area contributed by atoms with Crippen LogP contribution >= 0.6 is 0 Å². The first-order chi connectivity index (χ1) is 8.33. The van der Waals surface area contributed by atoms with E-state index in [2.05, 4.69) is 20.8 Å². The Morgan fingerprint density at radius 1 is 1.29 bits per heavy atom. The van der Waals surface area contributed by atoms with Crippen molar-refractivity contribution in [3.63, 3.8) is 0 Å². The molecule has 6 nitrogen and oxygen atoms in total. The Bertz CT molecular complexity index is 407. The monoisotopic (exact) mass is 236 g/mol. The molecule has 17 heavy (non-hydrogen) atoms. The molecule has 0 radical (unpaired) electrons. The van der Waals surface area contributed by atoms with E-state index in [1.807, 2.05) is 0 Å². The molecule has 92 valence electrons. The maximum absolute atomic E-state index is 11.7. The lowest BCUT2D eigenvalue weighted by molar-refractivity contribution is 0.0937. The molecule has 1 aliphatic heterocycles. The molecule has 1 saturated heterocycles. The third-order valence-electron chi connectivity index (χ3n) is 3.25. The van der Waals surface area contributed by atoms with Gasteiger partial charge in [0.05, 0.1) is 0 Å². The highest BCUT2D eigenvalue weighted by atomic mass is 16.5. The number of carbonyl (C=O) groups excluding carboxylic acids is 1. The van der Waals surface area contributed by atoms with Gasteiger partial charge in [0.25, 0.3) is 11.7 Å². The summed E-state index contributed by atoms with van der Waals surface area (Å²) in [6.07, 6.45) is 4.10. The van der Waals surface area contributed by atoms with E-state index in [1.54, 1.807) is 0 Å². The van der Waals surface area contributed by atoms with Gasteiger partial charge in [-0.05, 0) is 38.8 Å². The zero-order valence-corrected chi connectivity index (χ0v) is 9.61. The van der Waals surface area contributed by atoms with Crippen molar-refractivity contribution < 1.29 is 9.32 Å². The summed E-state index contributed by atoms with van der Waals surface area (Å²) >= 11 is 0. The highest BCUT2D eigenvalue weighted by Gasteiger charge is 2.27. The molecule has 0 unspecified atom stereocenters. The Balaban J connectivity index is 1.65. The average Bonchev–Trinajstić information content (AvgIpc) is 3.04. The quantitative estimate of drug-likeness (QED) is 0.795. The molecule has 2 heterocycles. The fourth-order valence-electron chi connectivity index (χ4n) is 2.04. The standard InChI is InChI=1S/C11H16N4O2/c16-10(13-8-1-2-8)9-14-11(17-15-9)7-3-5-12-6-4-7/h7-8,12H,1-6H2,(H,13,16). The predicted octanol–water partition coefficient (Wildman–Crippen LogP) is 0.429. The van der Waals surface area contributed by atoms with Crippen molar-refractivity contribution in [2.24, 2.45) is 0 Å². The van der Waals surface area contributed by atoms with Gasteiger partial charge in [-0.15, -0.1) is 0 Å². The van der Waals surface area contributed by atoms with Gasteiger partial charge in [-0.2, -0.15) is 4.98 Å². The summed E-state index contributed by atoms with van der Waals surface area (Å²) in [6.45, 7) is 1.94. The van der Waals surface area contributed by atoms with Crippen LogP contribution in [0.3, 0.4) is 0 Å². The SMILES string of the molecule is O=C(NC1CC1)c1noc(C2CCNCC2)n1. The van der Waals surface area contributed by atoms with Gasteiger partial charge >= 0.3 is 0 Å². The lowest BCUT2D eigenvalue weighted by Gasteiger charge is -2.18. The average molecular weight is 236 g/mol. The van der Waals surface area contributed by atoms with E-state index in [9.17, 15) is 4.79 Å². The summed E-state index contributed by atoms with van der Waals surface area (Å²) in [6, 6.07) is 0.323. The Kier molecular flexibility index (Phi) is 2.80. The molecule has 0 aromatic carbocycles. The summed E-state index contributed by atoms with van der Waals surface area (Å²) in [4.78, 5) is 15.9. The second-order valence-electron chi connectivity index (χ2n) is 4.73. The van der Waals surface area contributed by atoms with Gasteiger partial charge in [-0.3, -0.25) is 4.79 Å². The maximum Gasteiger partial charge on any atom is 0.292 e. The van der Waals surface area contributed by atoms with Crippen LogP contribution in [0.2, 0.25) is 0 Å². The number of aromatic nitrogens is 2. The van der Waals surface area contributed by atoms with E-state index in [0.29, 0.717) is 17.9 Å². The fourth-order valence-corrected chi connectivity index (χ4v) is 2.04. The molecule has 6 heteroatoms. The minimum Gasteiger partial charge on any atom is -0.346 e. The number of hydrogen-bond donors (Lipinski definition) is 2. The molecular weight excluding hydrogens is 220 g/mol. The van der Waals surface area contributed by atoms with Gasteiger partial charge in [-0.25, -0.2) is 0 Å². The van der Waals surface area contributed by atoms with E-state index in [-0.39, 0.29) is 11.7 Å². The minimum atomic E-state index is -0.212. The molecule has 0 spiro atoms. The molecule has 1 aromatic heterocycles. The van der Waals surface area contributed by atoms with Crippen LogP contribution in [0.25, 0.3) is 0 Å². The number of amides is 1. The van der Waals surface area contributed by atoms with Crippen LogP contribution in [-0.4, -0.2) is 35.2 Å². The van der Waals surface area contributed by atoms with Crippen LogP contribution < -0.4 is 10.6 Å². The van der Waals surface area contributed by atoms with Crippen molar-refractivity contribution >= 4 is 5.91 Å². The molecule has 0 atom stereocenters. The van der Waals surface area contributed by atoms with Crippen LogP contribution in [-0.2, 0) is 0 Å². The first-order valence-electron chi connectivity index (χ1n) is 6.18. The van der Waals surface area contributed by atoms with Crippen LogP contribution in [0.15, 0.2) is 4.52 Å². The Labute approximate surface area is 99.2 Å². The van der Waals surface area contributed by atoms with E-state index >= 15 is 0 Å². The number of nitrogens with one attached hydrogen (secondary N) is 2. The van der Waals surface area contributed by atoms with E-state index in [4.69, 9.17) is 4.52 Å². The Morgan fingerprint density at radius 2 is 2.06 bits per heavy atom. The second-order valence-corrected chi connectivity index (χ2v) is 4.73. The van der Waals surface area contributed by atoms with Gasteiger partial charge in [0.1, 0.15) is 0 Å². The van der Waals surface area contributed by atoms with Crippen molar-refractivity contribution in [1.82, 2.24) is 20.8 Å². The van der Waals surface area contributed by atoms with E-state index in [0.717, 1.165) is 38.8 Å². The molecule has 1 aliphatic carbocycles. The Morgan fingerprint density at radius 3 is 2.76 bits per heavy atom. The largest absolute Gasteiger partial charge is 0.346 e. The van der Waals surface area contributed by atoms with Crippen molar-refractivity contribution in [2.75, 3.05) is 13.1 Å². The highest BCUT2D eigenvalue weighted by molar-refractivity contribution is 5.90. The number of carbonyl (C=O) groups is 1. The molecule has 1 amide bonds. The van der Waals surface area contributed by atoms with Gasteiger partial charge in [-0.1, -0.05) is 5.16 Å². The highest BCUT2D eigenvalue weighted by Crippen LogP contribution is 2.23. The summed E-state index contributed by atoms with van der Waals surface area (Å²) in [5.41, 5.74) is 0. The predicted molar refractivity (Wildman–Crippen MR) is 59.6 cm³/mol. The zero-order valence-electron chi connectivity index (χ0n) is 9.61. The number of rotatable bonds is 3. The molecule has 2 aliphatic rings. The molecule has 2 N–H and O–H groups in total. The summed E-state index contributed by atoms with van der Waals surface area (Å²) in [5, 5.41) is 9.88. The van der Waals surface area contributed by atoms with Gasteiger partial charge in [0, 0.05) is 12.0 Å². The smallest absolute Gasteiger partial charge is 0.292 e. The van der Waals surface area contributed by atoms with Crippen molar-refractivity contribution in [3.8, 4) is 0 Å². The fraction of sp³-hybridized carbons (Fsp3) is 0.727. The van der Waals surface area contributed by atoms with Crippen molar-refractivity contribution in [1.29, 1.82) is 0 Å². The van der Waals surface area contributed by atoms with Gasteiger partial charge in [0.2, 0.25) is 5.89 Å². The topological polar surface area (TPSA) is 80.0 Å². The molecule has 3 rings (SSSR count). The van der Waals surface area contributed by atoms with Crippen molar-refractivity contribution in [2.45, 2.75) is 37.6 Å². The first kappa shape index (κ1) is 10.7. The van der Waals surface area contributed by atoms with Crippen molar-refractivity contribution in [3.05, 3.63) is 11.7 Å². The summed E-state index contributed by atoms with van der Waals surface area (Å²) in [5.74, 6) is 0.862. The zero-order chi connectivity index (χ0) is 11.7. The van der Waals surface area contributed by atoms with Gasteiger partial charge in [0.15, 0.2) is 0 Å². The third-order valence-corrected chi connectivity index (χ3v) is 3.25. The molecular formula is C11H16N4O2. The lowest BCUT2D eigenvalue weighted by atomic mass is 9.98. The summed E-state index contributed by atoms with van der Waals surface area (Å²) < 4.78 is 5.18. The van der Waals surface area contributed by atoms with E-state index in [1.165, 1.54) is 0 Å². The summed E-state index contributed by atoms with van der Waals surface area (Å²) in [7, 11) is 0. The lowest BCUT2D eigenvalue weighted by Crippen LogP contribution is -2.27. The van der Waals surface area contributed by atoms with Gasteiger partial charge < -0.3 is 15.2 Å². The third kappa shape index (κ3) is 2.46. The van der Waals surface area contributed by atoms with Crippen LogP contribution in [0.5, 0.6) is 0 Å². The van der Waals surface area contributed by atoms with Crippen LogP contribution in [0, 0.1) is 0 Å². The number of nitrogens with zero attached hydrogens (tertiary/aromatic N) is 2. The minimum absolute atomic E-state index is 0.172. The maximum atomic E-state index is 11.7. The first-order valence-corrected chi connectivity index (χ1v) is 6.18. The molecule has 1 aromatic rings. The Hall–Kier alpha value is -1.43. The molecule has 2 fully saturated rings. The number of hydrogen-bond acceptors (Lipinski definition) is 5. The second kappa shape index (κ2) is 4.44. The normalized spacial score (nSPS) is 21.4.